The normalized spacial score (nSPS) is 15.2. The van der Waals surface area contributed by atoms with Gasteiger partial charge < -0.3 is 4.74 Å². The standard InChI is InChI=1S/C25H25FN2O3S2/c1-17-22-13-20(26)9-10-24(22)32-25(17)33(29,30)27-14-18-15-28(16-18)11-12-31-23-8-4-6-19-5-2-3-7-21(19)23/h2-10,13,18,27H,11-12,14-16H2,1H3. The summed E-state index contributed by atoms with van der Waals surface area (Å²) in [6, 6.07) is 18.6. The summed E-state index contributed by atoms with van der Waals surface area (Å²) in [5.74, 6) is 0.792. The first-order valence-electron chi connectivity index (χ1n) is 10.9. The van der Waals surface area contributed by atoms with Gasteiger partial charge in [-0.25, -0.2) is 17.5 Å². The van der Waals surface area contributed by atoms with Crippen LogP contribution in [0.4, 0.5) is 4.39 Å². The number of thiophene rings is 1. The number of sulfonamides is 1. The fraction of sp³-hybridized carbons (Fsp3) is 0.280. The zero-order valence-electron chi connectivity index (χ0n) is 18.3. The lowest BCUT2D eigenvalue weighted by atomic mass is 10.0. The van der Waals surface area contributed by atoms with Gasteiger partial charge in [-0.3, -0.25) is 4.90 Å². The Labute approximate surface area is 196 Å². The molecule has 0 amide bonds. The summed E-state index contributed by atoms with van der Waals surface area (Å²) < 4.78 is 49.0. The van der Waals surface area contributed by atoms with Gasteiger partial charge in [-0.1, -0.05) is 36.4 Å². The van der Waals surface area contributed by atoms with Crippen LogP contribution in [0.5, 0.6) is 5.75 Å². The molecule has 8 heteroatoms. The van der Waals surface area contributed by atoms with Crippen molar-refractivity contribution in [1.29, 1.82) is 0 Å². The number of halogens is 1. The first-order valence-corrected chi connectivity index (χ1v) is 13.2. The molecular formula is C25H25FN2O3S2. The highest BCUT2D eigenvalue weighted by Gasteiger charge is 2.29. The molecule has 1 N–H and O–H groups in total. The SMILES string of the molecule is Cc1c(S(=O)(=O)NCC2CN(CCOc3cccc4ccccc34)C2)sc2ccc(F)cc12. The van der Waals surface area contributed by atoms with Gasteiger partial charge in [0.2, 0.25) is 10.0 Å². The van der Waals surface area contributed by atoms with E-state index in [1.54, 1.807) is 13.0 Å². The van der Waals surface area contributed by atoms with E-state index in [1.165, 1.54) is 23.5 Å². The number of benzene rings is 3. The molecule has 1 fully saturated rings. The number of ether oxygens (including phenoxy) is 1. The van der Waals surface area contributed by atoms with Crippen molar-refractivity contribution in [2.45, 2.75) is 11.1 Å². The molecule has 1 saturated heterocycles. The lowest BCUT2D eigenvalue weighted by molar-refractivity contribution is 0.0857. The van der Waals surface area contributed by atoms with Crippen molar-refractivity contribution in [2.24, 2.45) is 5.92 Å². The Bertz CT molecular complexity index is 1410. The second kappa shape index (κ2) is 9.02. The third-order valence-electron chi connectivity index (χ3n) is 6.11. The van der Waals surface area contributed by atoms with Crippen LogP contribution in [-0.4, -0.2) is 46.1 Å². The minimum atomic E-state index is -3.63. The fourth-order valence-corrected chi connectivity index (χ4v) is 7.22. The van der Waals surface area contributed by atoms with Crippen LogP contribution in [-0.2, 0) is 10.0 Å². The number of fused-ring (bicyclic) bond motifs is 2. The number of aryl methyl sites for hydroxylation is 1. The number of hydrogen-bond donors (Lipinski definition) is 1. The Morgan fingerprint density at radius 2 is 1.88 bits per heavy atom. The van der Waals surface area contributed by atoms with E-state index in [9.17, 15) is 12.8 Å². The second-order valence-electron chi connectivity index (χ2n) is 8.46. The maximum atomic E-state index is 13.5. The van der Waals surface area contributed by atoms with Crippen LogP contribution >= 0.6 is 11.3 Å². The summed E-state index contributed by atoms with van der Waals surface area (Å²) in [6.07, 6.45) is 0. The first-order chi connectivity index (χ1) is 15.9. The molecule has 0 saturated carbocycles. The molecule has 0 radical (unpaired) electrons. The number of nitrogens with zero attached hydrogens (tertiary/aromatic N) is 1. The first kappa shape index (κ1) is 22.3. The van der Waals surface area contributed by atoms with E-state index in [2.05, 4.69) is 27.8 Å². The van der Waals surface area contributed by atoms with Crippen molar-refractivity contribution in [1.82, 2.24) is 9.62 Å². The monoisotopic (exact) mass is 484 g/mol. The smallest absolute Gasteiger partial charge is 0.250 e. The van der Waals surface area contributed by atoms with Crippen LogP contribution in [0.2, 0.25) is 0 Å². The van der Waals surface area contributed by atoms with Gasteiger partial charge >= 0.3 is 0 Å². The van der Waals surface area contributed by atoms with Crippen molar-refractivity contribution in [3.8, 4) is 5.75 Å². The molecule has 33 heavy (non-hydrogen) atoms. The molecule has 0 spiro atoms. The number of rotatable bonds is 8. The van der Waals surface area contributed by atoms with Gasteiger partial charge in [0, 0.05) is 36.3 Å². The zero-order chi connectivity index (χ0) is 23.0. The van der Waals surface area contributed by atoms with Crippen LogP contribution in [0.3, 0.4) is 0 Å². The summed E-state index contributed by atoms with van der Waals surface area (Å²) in [6.45, 7) is 5.17. The molecule has 0 aliphatic carbocycles. The largest absolute Gasteiger partial charge is 0.492 e. The third-order valence-corrected chi connectivity index (χ3v) is 9.42. The van der Waals surface area contributed by atoms with Gasteiger partial charge in [-0.15, -0.1) is 11.3 Å². The van der Waals surface area contributed by atoms with Crippen LogP contribution in [0.15, 0.2) is 64.9 Å². The highest BCUT2D eigenvalue weighted by Crippen LogP contribution is 2.34. The van der Waals surface area contributed by atoms with Crippen LogP contribution in [0.1, 0.15) is 5.56 Å². The van der Waals surface area contributed by atoms with E-state index in [0.29, 0.717) is 24.1 Å². The number of hydrogen-bond acceptors (Lipinski definition) is 5. The fourth-order valence-electron chi connectivity index (χ4n) is 4.31. The van der Waals surface area contributed by atoms with Gasteiger partial charge in [0.15, 0.2) is 0 Å². The Morgan fingerprint density at radius 3 is 2.73 bits per heavy atom. The predicted octanol–water partition coefficient (Wildman–Crippen LogP) is 4.79. The van der Waals surface area contributed by atoms with Gasteiger partial charge in [-0.2, -0.15) is 0 Å². The minimum absolute atomic E-state index is 0.266. The lowest BCUT2D eigenvalue weighted by Gasteiger charge is -2.39. The van der Waals surface area contributed by atoms with Gasteiger partial charge in [0.1, 0.15) is 22.4 Å². The molecule has 1 aliphatic heterocycles. The van der Waals surface area contributed by atoms with E-state index < -0.39 is 10.0 Å². The molecule has 4 aromatic rings. The quantitative estimate of drug-likeness (QED) is 0.391. The number of nitrogens with one attached hydrogen (secondary N) is 1. The van der Waals surface area contributed by atoms with Crippen LogP contribution in [0, 0.1) is 18.7 Å². The van der Waals surface area contributed by atoms with Crippen molar-refractivity contribution in [2.75, 3.05) is 32.8 Å². The molecule has 5 nitrogen and oxygen atoms in total. The predicted molar refractivity (Wildman–Crippen MR) is 131 cm³/mol. The molecular weight excluding hydrogens is 459 g/mol. The minimum Gasteiger partial charge on any atom is -0.492 e. The second-order valence-corrected chi connectivity index (χ2v) is 11.5. The van der Waals surface area contributed by atoms with E-state index in [1.807, 2.05) is 24.3 Å². The third kappa shape index (κ3) is 4.61. The lowest BCUT2D eigenvalue weighted by Crippen LogP contribution is -2.52. The average molecular weight is 485 g/mol. The Hall–Kier alpha value is -2.52. The van der Waals surface area contributed by atoms with Crippen molar-refractivity contribution in [3.05, 3.63) is 72.0 Å². The van der Waals surface area contributed by atoms with Gasteiger partial charge in [-0.05, 0) is 53.4 Å². The summed E-state index contributed by atoms with van der Waals surface area (Å²) in [5, 5.41) is 2.92. The van der Waals surface area contributed by atoms with Crippen molar-refractivity contribution in [3.63, 3.8) is 0 Å². The van der Waals surface area contributed by atoms with E-state index >= 15 is 0 Å². The van der Waals surface area contributed by atoms with Crippen LogP contribution < -0.4 is 9.46 Å². The summed E-state index contributed by atoms with van der Waals surface area (Å²) in [7, 11) is -3.63. The summed E-state index contributed by atoms with van der Waals surface area (Å²) in [4.78, 5) is 2.26. The topological polar surface area (TPSA) is 58.6 Å². The highest BCUT2D eigenvalue weighted by molar-refractivity contribution is 7.91. The van der Waals surface area contributed by atoms with Gasteiger partial charge in [0.05, 0.1) is 0 Å². The van der Waals surface area contributed by atoms with Gasteiger partial charge in [0.25, 0.3) is 0 Å². The van der Waals surface area contributed by atoms with Crippen molar-refractivity contribution >= 4 is 42.2 Å². The molecule has 5 rings (SSSR count). The highest BCUT2D eigenvalue weighted by atomic mass is 32.2. The molecule has 0 bridgehead atoms. The average Bonchev–Trinajstić information content (AvgIpc) is 3.11. The molecule has 172 valence electrons. The molecule has 1 aliphatic rings. The van der Waals surface area contributed by atoms with Crippen molar-refractivity contribution < 1.29 is 17.5 Å². The molecule has 2 heterocycles. The molecule has 0 atom stereocenters. The Kier molecular flexibility index (Phi) is 6.09. The maximum absolute atomic E-state index is 13.5. The summed E-state index contributed by atoms with van der Waals surface area (Å²) in [5.41, 5.74) is 0.600. The Morgan fingerprint density at radius 1 is 1.09 bits per heavy atom. The number of likely N-dealkylation sites (tertiary alicyclic amines) is 1. The van der Waals surface area contributed by atoms with E-state index in [0.717, 1.165) is 40.9 Å². The molecule has 3 aromatic carbocycles. The Balaban J connectivity index is 1.11. The van der Waals surface area contributed by atoms with E-state index in [4.69, 9.17) is 4.74 Å². The van der Waals surface area contributed by atoms with Crippen LogP contribution in [0.25, 0.3) is 20.9 Å². The summed E-state index contributed by atoms with van der Waals surface area (Å²) >= 11 is 1.18. The molecule has 1 aromatic heterocycles. The maximum Gasteiger partial charge on any atom is 0.250 e. The zero-order valence-corrected chi connectivity index (χ0v) is 19.9. The molecule has 0 unspecified atom stereocenters. The van der Waals surface area contributed by atoms with E-state index in [-0.39, 0.29) is 15.9 Å².